The number of hydrogen-bond acceptors (Lipinski definition) is 10. The van der Waals surface area contributed by atoms with Crippen LogP contribution in [0.15, 0.2) is 77.9 Å². The molecule has 1 aliphatic carbocycles. The number of hydrogen-bond donors (Lipinski definition) is 0. The SMILES string of the molecule is COc1cc2c(cc1OC)C1(c3cc(OC)c(OC)cc3C2=O)c2cc(OC)c(OC)cc2C(=O)N1/N=C/c1ccc2ccccc2n1. The van der Waals surface area contributed by atoms with Gasteiger partial charge in [-0.15, -0.1) is 0 Å². The molecule has 242 valence electrons. The van der Waals surface area contributed by atoms with E-state index < -0.39 is 11.4 Å². The van der Waals surface area contributed by atoms with Crippen LogP contribution in [0.5, 0.6) is 34.5 Å². The Labute approximate surface area is 276 Å². The van der Waals surface area contributed by atoms with Gasteiger partial charge in [0.05, 0.1) is 65.6 Å². The average molecular weight is 646 g/mol. The fourth-order valence-electron chi connectivity index (χ4n) is 6.69. The number of ether oxygens (including phenoxy) is 6. The molecular weight excluding hydrogens is 614 g/mol. The van der Waals surface area contributed by atoms with Crippen LogP contribution in [0.3, 0.4) is 0 Å². The third-order valence-corrected chi connectivity index (χ3v) is 8.90. The molecule has 2 aliphatic rings. The van der Waals surface area contributed by atoms with Crippen LogP contribution < -0.4 is 28.4 Å². The van der Waals surface area contributed by atoms with Crippen LogP contribution in [0.25, 0.3) is 10.9 Å². The first-order chi connectivity index (χ1) is 23.3. The van der Waals surface area contributed by atoms with Gasteiger partial charge in [0.1, 0.15) is 5.54 Å². The first-order valence-corrected chi connectivity index (χ1v) is 14.9. The number of carbonyl (C=O) groups excluding carboxylic acids is 2. The first-order valence-electron chi connectivity index (χ1n) is 14.9. The number of ketones is 1. The van der Waals surface area contributed by atoms with Crippen molar-refractivity contribution in [1.29, 1.82) is 0 Å². The number of benzene rings is 4. The van der Waals surface area contributed by atoms with Crippen molar-refractivity contribution >= 4 is 28.8 Å². The Kier molecular flexibility index (Phi) is 7.39. The summed E-state index contributed by atoms with van der Waals surface area (Å²) < 4.78 is 34.1. The van der Waals surface area contributed by atoms with Gasteiger partial charge in [0, 0.05) is 33.2 Å². The first kappa shape index (κ1) is 30.5. The van der Waals surface area contributed by atoms with Crippen LogP contribution in [0.1, 0.15) is 48.7 Å². The van der Waals surface area contributed by atoms with E-state index in [2.05, 4.69) is 0 Å². The van der Waals surface area contributed by atoms with Crippen molar-refractivity contribution in [1.82, 2.24) is 9.99 Å². The van der Waals surface area contributed by atoms with Gasteiger partial charge in [-0.3, -0.25) is 9.59 Å². The molecule has 5 aromatic rings. The Morgan fingerprint density at radius 2 is 1.06 bits per heavy atom. The molecule has 2 heterocycles. The molecule has 0 N–H and O–H groups in total. The highest BCUT2D eigenvalue weighted by atomic mass is 16.5. The molecule has 0 bridgehead atoms. The second-order valence-corrected chi connectivity index (χ2v) is 11.1. The van der Waals surface area contributed by atoms with Gasteiger partial charge in [0.2, 0.25) is 0 Å². The molecule has 0 atom stereocenters. The van der Waals surface area contributed by atoms with Crippen LogP contribution >= 0.6 is 0 Å². The Morgan fingerprint density at radius 3 is 1.58 bits per heavy atom. The van der Waals surface area contributed by atoms with Gasteiger partial charge in [-0.25, -0.2) is 9.99 Å². The number of methoxy groups -OCH3 is 6. The van der Waals surface area contributed by atoms with E-state index in [4.69, 9.17) is 38.5 Å². The number of para-hydroxylation sites is 1. The van der Waals surface area contributed by atoms with E-state index in [0.717, 1.165) is 10.9 Å². The summed E-state index contributed by atoms with van der Waals surface area (Å²) in [4.78, 5) is 33.9. The van der Waals surface area contributed by atoms with Crippen molar-refractivity contribution in [3.63, 3.8) is 0 Å². The molecule has 1 amide bonds. The van der Waals surface area contributed by atoms with E-state index in [1.807, 2.05) is 36.4 Å². The summed E-state index contributed by atoms with van der Waals surface area (Å²) in [5.74, 6) is 1.38. The minimum absolute atomic E-state index is 0.284. The van der Waals surface area contributed by atoms with E-state index in [1.54, 1.807) is 36.4 Å². The molecule has 0 saturated heterocycles. The van der Waals surface area contributed by atoms with Gasteiger partial charge < -0.3 is 28.4 Å². The normalized spacial score (nSPS) is 14.2. The third kappa shape index (κ3) is 4.27. The average Bonchev–Trinajstić information content (AvgIpc) is 3.37. The summed E-state index contributed by atoms with van der Waals surface area (Å²) in [7, 11) is 9.02. The van der Waals surface area contributed by atoms with Gasteiger partial charge in [-0.1, -0.05) is 24.3 Å². The molecule has 1 aromatic heterocycles. The molecule has 0 unspecified atom stereocenters. The third-order valence-electron chi connectivity index (χ3n) is 8.90. The van der Waals surface area contributed by atoms with E-state index in [-0.39, 0.29) is 16.9 Å². The van der Waals surface area contributed by atoms with Crippen molar-refractivity contribution in [2.24, 2.45) is 5.10 Å². The zero-order valence-electron chi connectivity index (χ0n) is 27.1. The predicted molar refractivity (Wildman–Crippen MR) is 177 cm³/mol. The number of amides is 1. The van der Waals surface area contributed by atoms with E-state index >= 15 is 0 Å². The number of rotatable bonds is 8. The van der Waals surface area contributed by atoms with Crippen molar-refractivity contribution in [3.8, 4) is 34.5 Å². The summed E-state index contributed by atoms with van der Waals surface area (Å²) in [6.45, 7) is 0. The quantitative estimate of drug-likeness (QED) is 0.198. The van der Waals surface area contributed by atoms with Crippen molar-refractivity contribution in [3.05, 3.63) is 112 Å². The Hall–Kier alpha value is -6.10. The number of nitrogens with zero attached hydrogens (tertiary/aromatic N) is 3. The number of hydrazone groups is 1. The zero-order valence-corrected chi connectivity index (χ0v) is 27.1. The standard InChI is InChI=1S/C37H31N3O8/c1-43-29-13-22-25(16-32(29)46-4)37(26-17-33(47-5)30(44-2)14-23(26)35(22)41)27-18-34(48-6)31(45-3)15-24(27)36(42)40(37)38-19-21-12-11-20-9-7-8-10-28(20)39-21/h7-19H,1-6H3/b38-19+. The van der Waals surface area contributed by atoms with Crippen LogP contribution in [0.4, 0.5) is 0 Å². The molecule has 0 radical (unpaired) electrons. The Bertz CT molecular complexity index is 2110. The van der Waals surface area contributed by atoms with Crippen LogP contribution in [-0.2, 0) is 5.54 Å². The lowest BCUT2D eigenvalue weighted by Crippen LogP contribution is -2.47. The fourth-order valence-corrected chi connectivity index (χ4v) is 6.69. The molecule has 11 heteroatoms. The highest BCUT2D eigenvalue weighted by molar-refractivity contribution is 6.16. The fraction of sp³-hybridized carbons (Fsp3) is 0.189. The minimum atomic E-state index is -1.53. The van der Waals surface area contributed by atoms with Crippen molar-refractivity contribution < 1.29 is 38.0 Å². The zero-order chi connectivity index (χ0) is 33.7. The topological polar surface area (TPSA) is 118 Å². The number of fused-ring (bicyclic) bond motifs is 7. The molecule has 0 fully saturated rings. The van der Waals surface area contributed by atoms with Crippen LogP contribution in [0.2, 0.25) is 0 Å². The highest BCUT2D eigenvalue weighted by Crippen LogP contribution is 2.58. The Balaban J connectivity index is 1.61. The monoisotopic (exact) mass is 645 g/mol. The van der Waals surface area contributed by atoms with Crippen molar-refractivity contribution in [2.45, 2.75) is 5.54 Å². The summed E-state index contributed by atoms with van der Waals surface area (Å²) in [5.41, 5.74) is 2.01. The lowest BCUT2D eigenvalue weighted by molar-refractivity contribution is 0.0675. The number of aromatic nitrogens is 1. The number of carbonyl (C=O) groups is 2. The molecule has 1 aliphatic heterocycles. The second-order valence-electron chi connectivity index (χ2n) is 11.1. The molecule has 4 aromatic carbocycles. The van der Waals surface area contributed by atoms with E-state index in [1.165, 1.54) is 53.9 Å². The maximum absolute atomic E-state index is 14.7. The highest BCUT2D eigenvalue weighted by Gasteiger charge is 2.58. The van der Waals surface area contributed by atoms with E-state index in [0.29, 0.717) is 62.4 Å². The van der Waals surface area contributed by atoms with Gasteiger partial charge in [-0.05, 0) is 48.5 Å². The van der Waals surface area contributed by atoms with Gasteiger partial charge >= 0.3 is 0 Å². The molecule has 1 spiro atoms. The largest absolute Gasteiger partial charge is 0.493 e. The summed E-state index contributed by atoms with van der Waals surface area (Å²) >= 11 is 0. The molecule has 11 nitrogen and oxygen atoms in total. The predicted octanol–water partition coefficient (Wildman–Crippen LogP) is 5.61. The maximum atomic E-state index is 14.7. The number of pyridine rings is 1. The van der Waals surface area contributed by atoms with Crippen LogP contribution in [-0.4, -0.2) is 70.6 Å². The Morgan fingerprint density at radius 1 is 0.604 bits per heavy atom. The molecular formula is C37H31N3O8. The van der Waals surface area contributed by atoms with E-state index in [9.17, 15) is 9.59 Å². The molecule has 7 rings (SSSR count). The van der Waals surface area contributed by atoms with Gasteiger partial charge in [0.15, 0.2) is 40.3 Å². The summed E-state index contributed by atoms with van der Waals surface area (Å²) in [5, 5.41) is 7.20. The lowest BCUT2D eigenvalue weighted by atomic mass is 9.68. The lowest BCUT2D eigenvalue weighted by Gasteiger charge is -2.42. The second kappa shape index (κ2) is 11.6. The maximum Gasteiger partial charge on any atom is 0.276 e. The van der Waals surface area contributed by atoms with Crippen LogP contribution in [0, 0.1) is 0 Å². The van der Waals surface area contributed by atoms with Gasteiger partial charge in [0.25, 0.3) is 5.91 Å². The summed E-state index contributed by atoms with van der Waals surface area (Å²) in [6, 6.07) is 21.5. The minimum Gasteiger partial charge on any atom is -0.493 e. The molecule has 0 saturated carbocycles. The molecule has 48 heavy (non-hydrogen) atoms. The van der Waals surface area contributed by atoms with Crippen molar-refractivity contribution in [2.75, 3.05) is 42.7 Å². The van der Waals surface area contributed by atoms with Gasteiger partial charge in [-0.2, -0.15) is 5.10 Å². The summed E-state index contributed by atoms with van der Waals surface area (Å²) in [6.07, 6.45) is 1.53. The smallest absolute Gasteiger partial charge is 0.276 e.